The van der Waals surface area contributed by atoms with E-state index in [0.29, 0.717) is 0 Å². The SMILES string of the molecule is CC1(N=NO[O-])CC(C)(N=NO[O-])C(O[Si](C)(C)C)=NC1=N.[Na+].[Na+]. The summed E-state index contributed by atoms with van der Waals surface area (Å²) in [6.45, 7) is 8.92. The van der Waals surface area contributed by atoms with E-state index in [-0.39, 0.29) is 77.3 Å². The number of amidine groups is 1. The third-order valence-electron chi connectivity index (χ3n) is 2.87. The molecule has 0 aromatic rings. The second-order valence-corrected chi connectivity index (χ2v) is 10.6. The molecule has 1 N–H and O–H groups in total. The summed E-state index contributed by atoms with van der Waals surface area (Å²) in [4.78, 5) is 10.8. The molecular formula is C10H18N6Na2O5Si. The van der Waals surface area contributed by atoms with Gasteiger partial charge in [-0.3, -0.25) is 5.41 Å². The molecule has 0 fully saturated rings. The van der Waals surface area contributed by atoms with Gasteiger partial charge in [-0.05, 0) is 33.5 Å². The van der Waals surface area contributed by atoms with Crippen LogP contribution in [0.4, 0.5) is 0 Å². The smallest absolute Gasteiger partial charge is 0.636 e. The Morgan fingerprint density at radius 3 is 1.92 bits per heavy atom. The van der Waals surface area contributed by atoms with Crippen LogP contribution in [0.5, 0.6) is 0 Å². The van der Waals surface area contributed by atoms with Crippen LogP contribution >= 0.6 is 0 Å². The zero-order valence-corrected chi connectivity index (χ0v) is 20.0. The van der Waals surface area contributed by atoms with Crippen molar-refractivity contribution < 1.29 is 84.0 Å². The molecule has 0 saturated carbocycles. The van der Waals surface area contributed by atoms with Crippen LogP contribution in [0.15, 0.2) is 25.8 Å². The molecule has 1 aliphatic heterocycles. The molecule has 0 aliphatic carbocycles. The minimum Gasteiger partial charge on any atom is -0.636 e. The van der Waals surface area contributed by atoms with E-state index in [4.69, 9.17) is 9.84 Å². The van der Waals surface area contributed by atoms with Gasteiger partial charge in [0.1, 0.15) is 5.54 Å². The molecular weight excluding hydrogens is 358 g/mol. The molecule has 11 nitrogen and oxygen atoms in total. The fourth-order valence-corrected chi connectivity index (χ4v) is 2.81. The van der Waals surface area contributed by atoms with Gasteiger partial charge in [0, 0.05) is 17.0 Å². The van der Waals surface area contributed by atoms with Crippen molar-refractivity contribution in [3.63, 3.8) is 0 Å². The normalized spacial score (nSPS) is 27.3. The van der Waals surface area contributed by atoms with Crippen LogP contribution in [-0.2, 0) is 14.4 Å². The van der Waals surface area contributed by atoms with Crippen molar-refractivity contribution in [2.24, 2.45) is 25.8 Å². The van der Waals surface area contributed by atoms with Crippen molar-refractivity contribution in [3.8, 4) is 0 Å². The molecule has 1 rings (SSSR count). The molecule has 2 atom stereocenters. The van der Waals surface area contributed by atoms with E-state index in [0.717, 1.165) is 0 Å². The summed E-state index contributed by atoms with van der Waals surface area (Å²) >= 11 is 0. The maximum Gasteiger partial charge on any atom is 1.00 e. The van der Waals surface area contributed by atoms with E-state index >= 15 is 0 Å². The third kappa shape index (κ3) is 7.13. The predicted octanol–water partition coefficient (Wildman–Crippen LogP) is -5.54. The Kier molecular flexibility index (Phi) is 11.3. The number of aliphatic imine (C=N–C) groups is 1. The largest absolute Gasteiger partial charge is 1.00 e. The van der Waals surface area contributed by atoms with Crippen molar-refractivity contribution in [3.05, 3.63) is 0 Å². The summed E-state index contributed by atoms with van der Waals surface area (Å²) in [6, 6.07) is 0. The van der Waals surface area contributed by atoms with Gasteiger partial charge >= 0.3 is 59.1 Å². The van der Waals surface area contributed by atoms with E-state index in [1.54, 1.807) is 6.92 Å². The van der Waals surface area contributed by atoms with E-state index in [9.17, 15) is 10.5 Å². The molecule has 0 radical (unpaired) electrons. The standard InChI is InChI=1S/C10H20N6O5Si.2Na/c1-9(13-15-20-17)6-10(2,14-16-21-18)8(12-7(9)11)19-22(3,4)5;;/h11,17-18H,6H2,1-5H3;;/q;2*+1/p-2. The average molecular weight is 376 g/mol. The Hall–Kier alpha value is 0.0769. The molecule has 14 heteroatoms. The van der Waals surface area contributed by atoms with Gasteiger partial charge in [-0.25, -0.2) is 0 Å². The molecule has 0 spiro atoms. The summed E-state index contributed by atoms with van der Waals surface area (Å²) in [5, 5.41) is 41.5. The molecule has 2 unspecified atom stereocenters. The van der Waals surface area contributed by atoms with Gasteiger partial charge in [-0.15, -0.1) is 10.2 Å². The summed E-state index contributed by atoms with van der Waals surface area (Å²) in [7, 11) is -2.05. The fraction of sp³-hybridized carbons (Fsp3) is 0.800. The molecule has 24 heavy (non-hydrogen) atoms. The van der Waals surface area contributed by atoms with Gasteiger partial charge in [0.05, 0.1) is 0 Å². The van der Waals surface area contributed by atoms with Gasteiger partial charge in [0.2, 0.25) is 14.2 Å². The first kappa shape index (κ1) is 26.3. The molecule has 124 valence electrons. The zero-order valence-electron chi connectivity index (χ0n) is 15.0. The van der Waals surface area contributed by atoms with Gasteiger partial charge in [-0.1, -0.05) is 0 Å². The Morgan fingerprint density at radius 1 is 1.04 bits per heavy atom. The first-order valence-electron chi connectivity index (χ1n) is 6.36. The third-order valence-corrected chi connectivity index (χ3v) is 3.67. The fourth-order valence-electron chi connectivity index (χ4n) is 1.97. The van der Waals surface area contributed by atoms with Gasteiger partial charge < -0.3 is 24.9 Å². The summed E-state index contributed by atoms with van der Waals surface area (Å²) in [5.41, 5.74) is -2.46. The summed E-state index contributed by atoms with van der Waals surface area (Å²) in [5.74, 6) is -0.0227. The maximum absolute atomic E-state index is 10.1. The second kappa shape index (κ2) is 10.3. The molecule has 1 aliphatic rings. The van der Waals surface area contributed by atoms with E-state index in [2.05, 4.69) is 35.8 Å². The first-order chi connectivity index (χ1) is 10.1. The van der Waals surface area contributed by atoms with E-state index in [1.165, 1.54) is 6.92 Å². The van der Waals surface area contributed by atoms with Crippen LogP contribution in [-0.4, -0.2) is 31.1 Å². The summed E-state index contributed by atoms with van der Waals surface area (Å²) in [6.07, 6.45) is 0.0435. The Bertz CT molecular complexity index is 528. The quantitative estimate of drug-likeness (QED) is 0.219. The predicted molar refractivity (Wildman–Crippen MR) is 72.9 cm³/mol. The van der Waals surface area contributed by atoms with Crippen LogP contribution in [0.1, 0.15) is 20.3 Å². The van der Waals surface area contributed by atoms with Crippen LogP contribution in [0.3, 0.4) is 0 Å². The second-order valence-electron chi connectivity index (χ2n) is 6.22. The van der Waals surface area contributed by atoms with Crippen LogP contribution in [0.25, 0.3) is 0 Å². The minimum atomic E-state index is -2.05. The van der Waals surface area contributed by atoms with Crippen molar-refractivity contribution >= 4 is 20.1 Å². The minimum absolute atomic E-state index is 0. The Morgan fingerprint density at radius 2 is 1.50 bits per heavy atom. The van der Waals surface area contributed by atoms with Crippen molar-refractivity contribution in [2.75, 3.05) is 0 Å². The number of hydrogen-bond donors (Lipinski definition) is 1. The number of nitrogens with one attached hydrogen (secondary N) is 1. The molecule has 0 amide bonds. The molecule has 0 bridgehead atoms. The first-order valence-corrected chi connectivity index (χ1v) is 9.77. The van der Waals surface area contributed by atoms with Gasteiger partial charge in [0.15, 0.2) is 11.4 Å². The maximum atomic E-state index is 10.1. The zero-order chi connectivity index (χ0) is 17.0. The molecule has 0 aromatic carbocycles. The topological polar surface area (TPSA) is 159 Å². The van der Waals surface area contributed by atoms with Crippen LogP contribution in [0.2, 0.25) is 19.6 Å². The van der Waals surface area contributed by atoms with Crippen molar-refractivity contribution in [2.45, 2.75) is 51.0 Å². The van der Waals surface area contributed by atoms with Gasteiger partial charge in [0.25, 0.3) is 0 Å². The van der Waals surface area contributed by atoms with Crippen LogP contribution in [0, 0.1) is 5.41 Å². The molecule has 1 heterocycles. The number of rotatable bonds is 5. The average Bonchev–Trinajstić information content (AvgIpc) is 2.39. The van der Waals surface area contributed by atoms with Crippen molar-refractivity contribution in [1.82, 2.24) is 0 Å². The monoisotopic (exact) mass is 376 g/mol. The molecule has 0 aromatic heterocycles. The summed E-state index contributed by atoms with van der Waals surface area (Å²) < 4.78 is 5.83. The van der Waals surface area contributed by atoms with Crippen LogP contribution < -0.4 is 69.6 Å². The van der Waals surface area contributed by atoms with Gasteiger partial charge in [-0.2, -0.15) is 4.99 Å². The number of hydrogen-bond acceptors (Lipinski definition) is 10. The van der Waals surface area contributed by atoms with Crippen molar-refractivity contribution in [1.29, 1.82) is 5.41 Å². The van der Waals surface area contributed by atoms with E-state index in [1.807, 2.05) is 19.6 Å². The number of nitrogens with zero attached hydrogens (tertiary/aromatic N) is 5. The Balaban J connectivity index is 0. The van der Waals surface area contributed by atoms with E-state index < -0.39 is 19.4 Å². The Labute approximate surface area is 185 Å². The molecule has 0 saturated heterocycles.